The average molecular weight is 344 g/mol. The number of hydrogen-bond donors (Lipinski definition) is 1. The summed E-state index contributed by atoms with van der Waals surface area (Å²) in [6, 6.07) is 4.62. The van der Waals surface area contributed by atoms with E-state index in [1.165, 1.54) is 70.0 Å². The normalized spacial score (nSPS) is 21.7. The Balaban J connectivity index is 0.00000176. The van der Waals surface area contributed by atoms with Gasteiger partial charge in [-0.05, 0) is 50.4 Å². The van der Waals surface area contributed by atoms with Crippen LogP contribution < -0.4 is 5.32 Å². The Morgan fingerprint density at radius 2 is 1.68 bits per heavy atom. The highest BCUT2D eigenvalue weighted by atomic mass is 35.5. The molecule has 0 aromatic carbocycles. The van der Waals surface area contributed by atoms with Crippen LogP contribution in [-0.2, 0) is 13.0 Å². The van der Waals surface area contributed by atoms with Crippen LogP contribution in [-0.4, -0.2) is 55.6 Å². The van der Waals surface area contributed by atoms with Gasteiger partial charge in [0, 0.05) is 49.0 Å². The molecular weight excluding hydrogens is 314 g/mol. The van der Waals surface area contributed by atoms with Crippen molar-refractivity contribution in [2.75, 3.05) is 45.8 Å². The van der Waals surface area contributed by atoms with Gasteiger partial charge in [0.25, 0.3) is 0 Å². The molecule has 2 aliphatic heterocycles. The molecule has 0 bridgehead atoms. The second kappa shape index (κ2) is 9.24. The summed E-state index contributed by atoms with van der Waals surface area (Å²) in [4.78, 5) is 8.39. The number of rotatable bonds is 5. The number of nitrogens with zero attached hydrogens (tertiary/aromatic N) is 2. The zero-order chi connectivity index (χ0) is 14.5. The maximum absolute atomic E-state index is 3.47. The Kier molecular flexibility index (Phi) is 7.65. The molecule has 0 saturated carbocycles. The number of hydrogen-bond acceptors (Lipinski definition) is 4. The highest BCUT2D eigenvalue weighted by Gasteiger charge is 2.21. The summed E-state index contributed by atoms with van der Waals surface area (Å²) in [5, 5.41) is 3.47. The van der Waals surface area contributed by atoms with Gasteiger partial charge in [-0.2, -0.15) is 0 Å². The largest absolute Gasteiger partial charge is 0.317 e. The lowest BCUT2D eigenvalue weighted by atomic mass is 9.97. The van der Waals surface area contributed by atoms with Crippen LogP contribution in [0.1, 0.15) is 29.5 Å². The molecule has 3 rings (SSSR count). The molecule has 5 heteroatoms. The molecule has 0 unspecified atom stereocenters. The highest BCUT2D eigenvalue weighted by Crippen LogP contribution is 2.20. The quantitative estimate of drug-likeness (QED) is 0.886. The van der Waals surface area contributed by atoms with Gasteiger partial charge in [-0.1, -0.05) is 6.92 Å². The van der Waals surface area contributed by atoms with Crippen LogP contribution in [0.15, 0.2) is 12.1 Å². The molecule has 126 valence electrons. The second-order valence-corrected chi connectivity index (χ2v) is 7.74. The van der Waals surface area contributed by atoms with Gasteiger partial charge in [-0.3, -0.25) is 4.90 Å². The minimum Gasteiger partial charge on any atom is -0.317 e. The monoisotopic (exact) mass is 343 g/mol. The first kappa shape index (κ1) is 18.2. The number of halogens is 1. The number of aryl methyl sites for hydroxylation is 1. The maximum Gasteiger partial charge on any atom is 0.0329 e. The van der Waals surface area contributed by atoms with E-state index in [2.05, 4.69) is 34.2 Å². The Morgan fingerprint density at radius 1 is 1.05 bits per heavy atom. The Labute approximate surface area is 145 Å². The lowest BCUT2D eigenvalue weighted by Crippen LogP contribution is -2.48. The molecule has 2 aliphatic rings. The van der Waals surface area contributed by atoms with Gasteiger partial charge in [0.05, 0.1) is 0 Å². The molecule has 1 N–H and O–H groups in total. The van der Waals surface area contributed by atoms with Gasteiger partial charge in [-0.15, -0.1) is 23.7 Å². The van der Waals surface area contributed by atoms with Crippen molar-refractivity contribution in [3.05, 3.63) is 21.9 Å². The number of piperazine rings is 1. The molecule has 0 spiro atoms. The molecular formula is C17H30ClN3S. The van der Waals surface area contributed by atoms with Crippen LogP contribution >= 0.6 is 23.7 Å². The molecule has 2 saturated heterocycles. The van der Waals surface area contributed by atoms with Crippen molar-refractivity contribution >= 4 is 23.7 Å². The summed E-state index contributed by atoms with van der Waals surface area (Å²) in [7, 11) is 0. The third-order valence-corrected chi connectivity index (χ3v) is 6.10. The summed E-state index contributed by atoms with van der Waals surface area (Å²) >= 11 is 1.99. The fraction of sp³-hybridized carbons (Fsp3) is 0.765. The zero-order valence-electron chi connectivity index (χ0n) is 13.7. The predicted molar refractivity (Wildman–Crippen MR) is 98.3 cm³/mol. The Morgan fingerprint density at radius 3 is 2.32 bits per heavy atom. The third kappa shape index (κ3) is 5.20. The van der Waals surface area contributed by atoms with Crippen molar-refractivity contribution in [2.24, 2.45) is 5.92 Å². The minimum absolute atomic E-state index is 0. The van der Waals surface area contributed by atoms with Crippen molar-refractivity contribution in [1.29, 1.82) is 0 Å². The lowest BCUT2D eigenvalue weighted by molar-refractivity contribution is 0.107. The number of piperidine rings is 1. The standard InChI is InChI=1S/C17H29N3S.ClH/c1-2-16-3-4-17(21-16)14-20-11-9-19(10-12-20)13-15-5-7-18-8-6-15;/h3-4,15,18H,2,5-14H2,1H3;1H. The first-order chi connectivity index (χ1) is 10.3. The van der Waals surface area contributed by atoms with Crippen LogP contribution in [0.5, 0.6) is 0 Å². The smallest absolute Gasteiger partial charge is 0.0329 e. The molecule has 1 aromatic heterocycles. The van der Waals surface area contributed by atoms with Crippen LogP contribution in [0.2, 0.25) is 0 Å². The molecule has 0 aliphatic carbocycles. The summed E-state index contributed by atoms with van der Waals surface area (Å²) in [6.07, 6.45) is 3.92. The maximum atomic E-state index is 3.47. The first-order valence-electron chi connectivity index (χ1n) is 8.56. The van der Waals surface area contributed by atoms with E-state index in [-0.39, 0.29) is 12.4 Å². The van der Waals surface area contributed by atoms with E-state index in [0.717, 1.165) is 12.5 Å². The van der Waals surface area contributed by atoms with Gasteiger partial charge in [0.1, 0.15) is 0 Å². The topological polar surface area (TPSA) is 18.5 Å². The Hall–Kier alpha value is -0.130. The summed E-state index contributed by atoms with van der Waals surface area (Å²) in [5.74, 6) is 0.933. The summed E-state index contributed by atoms with van der Waals surface area (Å²) in [6.45, 7) is 12.2. The molecule has 0 amide bonds. The van der Waals surface area contributed by atoms with Gasteiger partial charge < -0.3 is 10.2 Å². The van der Waals surface area contributed by atoms with Crippen molar-refractivity contribution in [3.8, 4) is 0 Å². The van der Waals surface area contributed by atoms with Gasteiger partial charge in [-0.25, -0.2) is 0 Å². The summed E-state index contributed by atoms with van der Waals surface area (Å²) < 4.78 is 0. The van der Waals surface area contributed by atoms with E-state index < -0.39 is 0 Å². The number of nitrogens with one attached hydrogen (secondary N) is 1. The second-order valence-electron chi connectivity index (χ2n) is 6.49. The Bertz CT molecular complexity index is 423. The van der Waals surface area contributed by atoms with E-state index in [0.29, 0.717) is 0 Å². The minimum atomic E-state index is 0. The lowest BCUT2D eigenvalue weighted by Gasteiger charge is -2.37. The summed E-state index contributed by atoms with van der Waals surface area (Å²) in [5.41, 5.74) is 0. The van der Waals surface area contributed by atoms with Crippen molar-refractivity contribution in [1.82, 2.24) is 15.1 Å². The number of thiophene rings is 1. The van der Waals surface area contributed by atoms with E-state index in [1.807, 2.05) is 11.3 Å². The third-order valence-electron chi connectivity index (χ3n) is 4.89. The molecule has 2 fully saturated rings. The molecule has 1 aromatic rings. The van der Waals surface area contributed by atoms with E-state index >= 15 is 0 Å². The van der Waals surface area contributed by atoms with E-state index in [1.54, 1.807) is 4.88 Å². The van der Waals surface area contributed by atoms with Crippen LogP contribution in [0.25, 0.3) is 0 Å². The predicted octanol–water partition coefficient (Wildman–Crippen LogP) is 2.85. The van der Waals surface area contributed by atoms with Crippen LogP contribution in [0.4, 0.5) is 0 Å². The van der Waals surface area contributed by atoms with Crippen LogP contribution in [0.3, 0.4) is 0 Å². The average Bonchev–Trinajstić information content (AvgIpc) is 2.98. The fourth-order valence-electron chi connectivity index (χ4n) is 3.48. The van der Waals surface area contributed by atoms with Crippen molar-refractivity contribution in [3.63, 3.8) is 0 Å². The molecule has 3 heterocycles. The van der Waals surface area contributed by atoms with Crippen LogP contribution in [0, 0.1) is 5.92 Å². The molecule has 3 nitrogen and oxygen atoms in total. The van der Waals surface area contributed by atoms with E-state index in [4.69, 9.17) is 0 Å². The highest BCUT2D eigenvalue weighted by molar-refractivity contribution is 7.11. The SMILES string of the molecule is CCc1ccc(CN2CCN(CC3CCNCC3)CC2)s1.Cl. The van der Waals surface area contributed by atoms with E-state index in [9.17, 15) is 0 Å². The molecule has 0 atom stereocenters. The van der Waals surface area contributed by atoms with Gasteiger partial charge in [0.15, 0.2) is 0 Å². The van der Waals surface area contributed by atoms with Gasteiger partial charge >= 0.3 is 0 Å². The van der Waals surface area contributed by atoms with Crippen molar-refractivity contribution < 1.29 is 0 Å². The molecule has 22 heavy (non-hydrogen) atoms. The first-order valence-corrected chi connectivity index (χ1v) is 9.38. The van der Waals surface area contributed by atoms with Gasteiger partial charge in [0.2, 0.25) is 0 Å². The fourth-order valence-corrected chi connectivity index (χ4v) is 4.48. The van der Waals surface area contributed by atoms with Crippen molar-refractivity contribution in [2.45, 2.75) is 32.7 Å². The zero-order valence-corrected chi connectivity index (χ0v) is 15.4. The molecule has 0 radical (unpaired) electrons.